The Kier molecular flexibility index (Phi) is 9.60. The van der Waals surface area contributed by atoms with Gasteiger partial charge >= 0.3 is 6.18 Å². The predicted octanol–water partition coefficient (Wildman–Crippen LogP) is 4.24. The quantitative estimate of drug-likeness (QED) is 0.301. The van der Waals surface area contributed by atoms with Crippen LogP contribution in [-0.2, 0) is 17.9 Å². The zero-order valence-corrected chi connectivity index (χ0v) is 19.9. The van der Waals surface area contributed by atoms with Crippen molar-refractivity contribution >= 4 is 41.5 Å². The molecule has 1 saturated heterocycles. The number of hydrogen-bond donors (Lipinski definition) is 2. The average molecular weight is 562 g/mol. The van der Waals surface area contributed by atoms with E-state index >= 15 is 0 Å². The van der Waals surface area contributed by atoms with E-state index in [0.29, 0.717) is 25.5 Å². The molecule has 0 spiro atoms. The molecule has 0 aliphatic carbocycles. The van der Waals surface area contributed by atoms with Gasteiger partial charge in [-0.2, -0.15) is 13.2 Å². The number of halogens is 4. The second-order valence-electron chi connectivity index (χ2n) is 7.15. The molecule has 2 aromatic rings. The molecule has 0 bridgehead atoms. The van der Waals surface area contributed by atoms with Crippen molar-refractivity contribution in [2.45, 2.75) is 32.1 Å². The molecule has 32 heavy (non-hydrogen) atoms. The van der Waals surface area contributed by atoms with Gasteiger partial charge in [-0.15, -0.1) is 24.0 Å². The van der Waals surface area contributed by atoms with Crippen LogP contribution in [0.4, 0.5) is 18.9 Å². The van der Waals surface area contributed by atoms with Crippen LogP contribution in [0.25, 0.3) is 0 Å². The minimum atomic E-state index is -4.37. The molecule has 10 heteroatoms. The Morgan fingerprint density at radius 2 is 1.78 bits per heavy atom. The van der Waals surface area contributed by atoms with Gasteiger partial charge in [0.1, 0.15) is 5.75 Å². The number of amides is 1. The number of nitrogens with one attached hydrogen (secondary N) is 2. The van der Waals surface area contributed by atoms with Gasteiger partial charge in [0.25, 0.3) is 0 Å². The maximum absolute atomic E-state index is 12.3. The van der Waals surface area contributed by atoms with E-state index < -0.39 is 12.8 Å². The van der Waals surface area contributed by atoms with E-state index in [1.807, 2.05) is 24.3 Å². The minimum absolute atomic E-state index is 0. The van der Waals surface area contributed by atoms with Crippen molar-refractivity contribution in [1.29, 1.82) is 0 Å². The molecule has 0 atom stereocenters. The number of nitrogens with zero attached hydrogens (tertiary/aromatic N) is 2. The van der Waals surface area contributed by atoms with Crippen LogP contribution in [0.5, 0.6) is 5.75 Å². The van der Waals surface area contributed by atoms with Crippen molar-refractivity contribution in [3.8, 4) is 5.75 Å². The van der Waals surface area contributed by atoms with Gasteiger partial charge in [-0.1, -0.05) is 24.3 Å². The van der Waals surface area contributed by atoms with Crippen molar-refractivity contribution in [3.63, 3.8) is 0 Å². The van der Waals surface area contributed by atoms with Crippen molar-refractivity contribution in [1.82, 2.24) is 10.6 Å². The van der Waals surface area contributed by atoms with Crippen LogP contribution in [-0.4, -0.2) is 38.2 Å². The lowest BCUT2D eigenvalue weighted by Crippen LogP contribution is -2.36. The molecule has 3 rings (SSSR count). The van der Waals surface area contributed by atoms with Gasteiger partial charge in [0.2, 0.25) is 5.91 Å². The monoisotopic (exact) mass is 562 g/mol. The summed E-state index contributed by atoms with van der Waals surface area (Å²) < 4.78 is 41.7. The van der Waals surface area contributed by atoms with Crippen LogP contribution in [0.2, 0.25) is 0 Å². The summed E-state index contributed by atoms with van der Waals surface area (Å²) in [7, 11) is 1.64. The Hall–Kier alpha value is -2.50. The van der Waals surface area contributed by atoms with Gasteiger partial charge in [0.15, 0.2) is 12.6 Å². The van der Waals surface area contributed by atoms with Gasteiger partial charge in [-0.3, -0.25) is 9.79 Å². The first-order chi connectivity index (χ1) is 14.8. The Labute approximate surface area is 202 Å². The lowest BCUT2D eigenvalue weighted by Gasteiger charge is -2.16. The average Bonchev–Trinajstić information content (AvgIpc) is 3.18. The molecule has 1 aliphatic heterocycles. The van der Waals surface area contributed by atoms with Gasteiger partial charge in [-0.25, -0.2) is 0 Å². The third-order valence-corrected chi connectivity index (χ3v) is 4.77. The Bertz CT molecular complexity index is 920. The Balaban J connectivity index is 0.00000363. The summed E-state index contributed by atoms with van der Waals surface area (Å²) in [5, 5.41) is 6.32. The van der Waals surface area contributed by atoms with Crippen LogP contribution in [0.3, 0.4) is 0 Å². The fourth-order valence-corrected chi connectivity index (χ4v) is 3.22. The van der Waals surface area contributed by atoms with E-state index in [1.54, 1.807) is 30.1 Å². The molecule has 0 aromatic heterocycles. The van der Waals surface area contributed by atoms with Crippen LogP contribution < -0.4 is 20.3 Å². The molecule has 6 nitrogen and oxygen atoms in total. The van der Waals surface area contributed by atoms with Crippen LogP contribution in [0, 0.1) is 0 Å². The van der Waals surface area contributed by atoms with Crippen LogP contribution >= 0.6 is 24.0 Å². The number of hydrogen-bond acceptors (Lipinski definition) is 3. The van der Waals surface area contributed by atoms with Crippen LogP contribution in [0.1, 0.15) is 24.0 Å². The van der Waals surface area contributed by atoms with Crippen molar-refractivity contribution in [2.75, 3.05) is 25.1 Å². The molecule has 1 aliphatic rings. The summed E-state index contributed by atoms with van der Waals surface area (Å²) in [6.07, 6.45) is -2.88. The SMILES string of the molecule is CN=C(NCc1ccc(N2CCCC2=O)cc1)NCc1cccc(OCC(F)(F)F)c1.I. The van der Waals surface area contributed by atoms with Gasteiger partial charge in [0.05, 0.1) is 0 Å². The van der Waals surface area contributed by atoms with Gasteiger partial charge < -0.3 is 20.3 Å². The number of guanidine groups is 1. The fraction of sp³-hybridized carbons (Fsp3) is 0.364. The number of benzene rings is 2. The summed E-state index contributed by atoms with van der Waals surface area (Å²) in [5.74, 6) is 0.875. The third kappa shape index (κ3) is 7.88. The number of carbonyl (C=O) groups is 1. The molecule has 174 valence electrons. The summed E-state index contributed by atoms with van der Waals surface area (Å²) in [4.78, 5) is 17.8. The van der Waals surface area contributed by atoms with E-state index in [4.69, 9.17) is 4.74 Å². The molecule has 2 aromatic carbocycles. The maximum atomic E-state index is 12.3. The molecule has 2 N–H and O–H groups in total. The number of anilines is 1. The number of aliphatic imine (C=N–C) groups is 1. The molecule has 1 fully saturated rings. The highest BCUT2D eigenvalue weighted by molar-refractivity contribution is 14.0. The molecule has 0 radical (unpaired) electrons. The molecule has 0 saturated carbocycles. The molecule has 1 heterocycles. The zero-order valence-electron chi connectivity index (χ0n) is 17.6. The van der Waals surface area contributed by atoms with E-state index in [1.165, 1.54) is 6.07 Å². The fourth-order valence-electron chi connectivity index (χ4n) is 3.22. The summed E-state index contributed by atoms with van der Waals surface area (Å²) in [6.45, 7) is 0.342. The van der Waals surface area contributed by atoms with E-state index in [0.717, 1.165) is 29.8 Å². The Morgan fingerprint density at radius 1 is 1.09 bits per heavy atom. The van der Waals surface area contributed by atoms with Crippen molar-refractivity contribution in [3.05, 3.63) is 59.7 Å². The highest BCUT2D eigenvalue weighted by Gasteiger charge is 2.28. The third-order valence-electron chi connectivity index (χ3n) is 4.77. The summed E-state index contributed by atoms with van der Waals surface area (Å²) >= 11 is 0. The first-order valence-electron chi connectivity index (χ1n) is 9.96. The van der Waals surface area contributed by atoms with Gasteiger partial charge in [-0.05, 0) is 41.8 Å². The minimum Gasteiger partial charge on any atom is -0.484 e. The second-order valence-corrected chi connectivity index (χ2v) is 7.15. The largest absolute Gasteiger partial charge is 0.484 e. The number of ether oxygens (including phenoxy) is 1. The second kappa shape index (κ2) is 11.9. The summed E-state index contributed by atoms with van der Waals surface area (Å²) in [5.41, 5.74) is 2.70. The highest BCUT2D eigenvalue weighted by Crippen LogP contribution is 2.22. The molecular formula is C22H26F3IN4O2. The number of alkyl halides is 3. The molecule has 0 unspecified atom stereocenters. The summed E-state index contributed by atoms with van der Waals surface area (Å²) in [6, 6.07) is 14.3. The first kappa shape index (κ1) is 25.8. The van der Waals surface area contributed by atoms with Gasteiger partial charge in [0, 0.05) is 38.8 Å². The Morgan fingerprint density at radius 3 is 2.38 bits per heavy atom. The normalized spacial score (nSPS) is 14.2. The standard InChI is InChI=1S/C22H25F3N4O2.HI/c1-26-21(28-14-17-4-2-5-19(12-17)31-15-22(23,24)25)27-13-16-7-9-18(10-8-16)29-11-3-6-20(29)30;/h2,4-5,7-10,12H,3,6,11,13-15H2,1H3,(H2,26,27,28);1H. The number of carbonyl (C=O) groups excluding carboxylic acids is 1. The lowest BCUT2D eigenvalue weighted by atomic mass is 10.2. The van der Waals surface area contributed by atoms with E-state index in [9.17, 15) is 18.0 Å². The maximum Gasteiger partial charge on any atom is 0.422 e. The smallest absolute Gasteiger partial charge is 0.422 e. The van der Waals surface area contributed by atoms with Crippen molar-refractivity contribution < 1.29 is 22.7 Å². The lowest BCUT2D eigenvalue weighted by molar-refractivity contribution is -0.153. The van der Waals surface area contributed by atoms with Crippen molar-refractivity contribution in [2.24, 2.45) is 4.99 Å². The highest BCUT2D eigenvalue weighted by atomic mass is 127. The van der Waals surface area contributed by atoms with Crippen LogP contribution in [0.15, 0.2) is 53.5 Å². The van der Waals surface area contributed by atoms with E-state index in [2.05, 4.69) is 15.6 Å². The zero-order chi connectivity index (χ0) is 22.3. The topological polar surface area (TPSA) is 66.0 Å². The number of rotatable bonds is 7. The van der Waals surface area contributed by atoms with E-state index in [-0.39, 0.29) is 35.6 Å². The molecular weight excluding hydrogens is 536 g/mol. The predicted molar refractivity (Wildman–Crippen MR) is 128 cm³/mol. The molecule has 1 amide bonds. The first-order valence-corrected chi connectivity index (χ1v) is 9.96.